The number of carbonyl (C=O) groups excluding carboxylic acids is 1. The van der Waals surface area contributed by atoms with E-state index in [1.165, 1.54) is 30.3 Å². The Hall–Kier alpha value is -1.30. The molecule has 0 aromatic heterocycles. The highest BCUT2D eigenvalue weighted by atomic mass is 79.9. The van der Waals surface area contributed by atoms with Crippen LogP contribution in [-0.2, 0) is 0 Å². The number of amides is 1. The summed E-state index contributed by atoms with van der Waals surface area (Å²) in [7, 11) is 0. The van der Waals surface area contributed by atoms with Gasteiger partial charge < -0.3 is 11.1 Å². The molecule has 0 bridgehead atoms. The molecule has 20 heavy (non-hydrogen) atoms. The van der Waals surface area contributed by atoms with Gasteiger partial charge in [0.2, 0.25) is 0 Å². The minimum absolute atomic E-state index is 0.108. The zero-order chi connectivity index (χ0) is 14.9. The topological polar surface area (TPSA) is 55.1 Å². The average Bonchev–Trinajstić information content (AvgIpc) is 2.37. The number of nitrogens with two attached hydrogens (primary N) is 1. The van der Waals surface area contributed by atoms with E-state index in [4.69, 9.17) is 28.9 Å². The number of rotatable bonds is 2. The van der Waals surface area contributed by atoms with Crippen molar-refractivity contribution in [1.29, 1.82) is 0 Å². The molecule has 0 saturated heterocycles. The van der Waals surface area contributed by atoms with Crippen molar-refractivity contribution in [3.63, 3.8) is 0 Å². The van der Waals surface area contributed by atoms with Crippen molar-refractivity contribution in [2.45, 2.75) is 0 Å². The molecule has 2 aromatic carbocycles. The Labute approximate surface area is 133 Å². The Morgan fingerprint density at radius 1 is 1.25 bits per heavy atom. The second-order valence-electron chi connectivity index (χ2n) is 3.94. The van der Waals surface area contributed by atoms with Gasteiger partial charge >= 0.3 is 0 Å². The normalized spacial score (nSPS) is 10.4. The van der Waals surface area contributed by atoms with Gasteiger partial charge in [0.1, 0.15) is 5.82 Å². The molecule has 0 unspecified atom stereocenters. The third-order valence-corrected chi connectivity index (χ3v) is 3.93. The molecule has 7 heteroatoms. The van der Waals surface area contributed by atoms with E-state index >= 15 is 0 Å². The molecule has 0 fully saturated rings. The third-order valence-electron chi connectivity index (χ3n) is 2.47. The van der Waals surface area contributed by atoms with Gasteiger partial charge in [0.15, 0.2) is 0 Å². The molecule has 0 radical (unpaired) electrons. The van der Waals surface area contributed by atoms with Crippen LogP contribution >= 0.6 is 39.1 Å². The maximum absolute atomic E-state index is 13.0. The molecular formula is C13H8BrCl2FN2O. The van der Waals surface area contributed by atoms with Crippen LogP contribution < -0.4 is 11.1 Å². The van der Waals surface area contributed by atoms with Gasteiger partial charge in [-0.15, -0.1) is 0 Å². The first-order chi connectivity index (χ1) is 9.38. The zero-order valence-corrected chi connectivity index (χ0v) is 13.0. The Morgan fingerprint density at radius 2 is 1.95 bits per heavy atom. The number of carbonyl (C=O) groups is 1. The molecular weight excluding hydrogens is 370 g/mol. The monoisotopic (exact) mass is 376 g/mol. The van der Waals surface area contributed by atoms with Gasteiger partial charge in [0.05, 0.1) is 21.3 Å². The molecule has 2 rings (SSSR count). The van der Waals surface area contributed by atoms with Gasteiger partial charge in [0, 0.05) is 10.2 Å². The Morgan fingerprint density at radius 3 is 2.60 bits per heavy atom. The maximum atomic E-state index is 13.0. The molecule has 104 valence electrons. The summed E-state index contributed by atoms with van der Waals surface area (Å²) < 4.78 is 13.4. The van der Waals surface area contributed by atoms with Crippen molar-refractivity contribution < 1.29 is 9.18 Å². The van der Waals surface area contributed by atoms with Crippen LogP contribution in [0.2, 0.25) is 10.0 Å². The largest absolute Gasteiger partial charge is 0.399 e. The minimum Gasteiger partial charge on any atom is -0.399 e. The standard InChI is InChI=1S/C13H8BrCl2FN2O/c14-9-3-6(17)1-2-11(9)19-13(20)8-4-7(18)5-10(15)12(8)16/h1-5H,18H2,(H,19,20). The summed E-state index contributed by atoms with van der Waals surface area (Å²) in [6, 6.07) is 6.77. The predicted octanol–water partition coefficient (Wildman–Crippen LogP) is 4.73. The van der Waals surface area contributed by atoms with E-state index < -0.39 is 11.7 Å². The van der Waals surface area contributed by atoms with E-state index in [-0.39, 0.29) is 15.6 Å². The quantitative estimate of drug-likeness (QED) is 0.743. The van der Waals surface area contributed by atoms with Crippen molar-refractivity contribution in [1.82, 2.24) is 0 Å². The fourth-order valence-electron chi connectivity index (χ4n) is 1.56. The average molecular weight is 378 g/mol. The highest BCUT2D eigenvalue weighted by molar-refractivity contribution is 9.10. The fraction of sp³-hybridized carbons (Fsp3) is 0. The van der Waals surface area contributed by atoms with E-state index in [9.17, 15) is 9.18 Å². The van der Waals surface area contributed by atoms with Crippen LogP contribution in [0.5, 0.6) is 0 Å². The van der Waals surface area contributed by atoms with E-state index in [0.717, 1.165) is 0 Å². The summed E-state index contributed by atoms with van der Waals surface area (Å²) in [5.74, 6) is -0.906. The summed E-state index contributed by atoms with van der Waals surface area (Å²) in [5.41, 5.74) is 6.50. The summed E-state index contributed by atoms with van der Waals surface area (Å²) in [6.07, 6.45) is 0. The van der Waals surface area contributed by atoms with Crippen LogP contribution in [0.15, 0.2) is 34.8 Å². The third kappa shape index (κ3) is 3.23. The van der Waals surface area contributed by atoms with Gasteiger partial charge in [0.25, 0.3) is 5.91 Å². The first kappa shape index (κ1) is 15.1. The molecule has 3 nitrogen and oxygen atoms in total. The van der Waals surface area contributed by atoms with Crippen LogP contribution in [0.4, 0.5) is 15.8 Å². The van der Waals surface area contributed by atoms with Crippen molar-refractivity contribution in [2.75, 3.05) is 11.1 Å². The molecule has 1 amide bonds. The van der Waals surface area contributed by atoms with E-state index in [1.807, 2.05) is 0 Å². The summed E-state index contributed by atoms with van der Waals surface area (Å²) in [6.45, 7) is 0. The van der Waals surface area contributed by atoms with E-state index in [2.05, 4.69) is 21.2 Å². The van der Waals surface area contributed by atoms with Crippen LogP contribution in [0.25, 0.3) is 0 Å². The number of anilines is 2. The number of halogens is 4. The SMILES string of the molecule is Nc1cc(Cl)c(Cl)c(C(=O)Nc2ccc(F)cc2Br)c1. The van der Waals surface area contributed by atoms with Gasteiger partial charge in [-0.2, -0.15) is 0 Å². The highest BCUT2D eigenvalue weighted by Crippen LogP contribution is 2.30. The summed E-state index contributed by atoms with van der Waals surface area (Å²) in [4.78, 5) is 12.2. The molecule has 0 aliphatic carbocycles. The lowest BCUT2D eigenvalue weighted by Crippen LogP contribution is -2.13. The lowest BCUT2D eigenvalue weighted by atomic mass is 10.2. The number of nitrogen functional groups attached to an aromatic ring is 1. The van der Waals surface area contributed by atoms with Gasteiger partial charge in [-0.3, -0.25) is 4.79 Å². The van der Waals surface area contributed by atoms with Crippen molar-refractivity contribution in [2.24, 2.45) is 0 Å². The zero-order valence-electron chi connectivity index (χ0n) is 9.88. The summed E-state index contributed by atoms with van der Waals surface area (Å²) >= 11 is 15.0. The molecule has 3 N–H and O–H groups in total. The van der Waals surface area contributed by atoms with E-state index in [0.29, 0.717) is 15.8 Å². The number of hydrogen-bond acceptors (Lipinski definition) is 2. The summed E-state index contributed by atoms with van der Waals surface area (Å²) in [5, 5.41) is 2.90. The van der Waals surface area contributed by atoms with Crippen LogP contribution in [0, 0.1) is 5.82 Å². The molecule has 0 aliphatic heterocycles. The Kier molecular flexibility index (Phi) is 4.52. The smallest absolute Gasteiger partial charge is 0.257 e. The van der Waals surface area contributed by atoms with Crippen molar-refractivity contribution in [3.8, 4) is 0 Å². The first-order valence-electron chi connectivity index (χ1n) is 5.39. The highest BCUT2D eigenvalue weighted by Gasteiger charge is 2.15. The molecule has 2 aromatic rings. The lowest BCUT2D eigenvalue weighted by molar-refractivity contribution is 0.102. The molecule has 0 atom stereocenters. The molecule has 0 spiro atoms. The van der Waals surface area contributed by atoms with Crippen LogP contribution in [-0.4, -0.2) is 5.91 Å². The molecule has 0 aliphatic rings. The number of hydrogen-bond donors (Lipinski definition) is 2. The van der Waals surface area contributed by atoms with Gasteiger partial charge in [-0.25, -0.2) is 4.39 Å². The van der Waals surface area contributed by atoms with Crippen molar-refractivity contribution in [3.05, 3.63) is 56.2 Å². The fourth-order valence-corrected chi connectivity index (χ4v) is 2.43. The van der Waals surface area contributed by atoms with Gasteiger partial charge in [-0.05, 0) is 46.3 Å². The van der Waals surface area contributed by atoms with Gasteiger partial charge in [-0.1, -0.05) is 23.2 Å². The number of nitrogens with one attached hydrogen (secondary N) is 1. The lowest BCUT2D eigenvalue weighted by Gasteiger charge is -2.10. The number of benzene rings is 2. The van der Waals surface area contributed by atoms with Crippen LogP contribution in [0.3, 0.4) is 0 Å². The molecule has 0 saturated carbocycles. The van der Waals surface area contributed by atoms with Crippen molar-refractivity contribution >= 4 is 56.4 Å². The second-order valence-corrected chi connectivity index (χ2v) is 5.58. The minimum atomic E-state index is -0.489. The molecule has 0 heterocycles. The second kappa shape index (κ2) is 5.99. The predicted molar refractivity (Wildman–Crippen MR) is 82.9 cm³/mol. The van der Waals surface area contributed by atoms with Crippen LogP contribution in [0.1, 0.15) is 10.4 Å². The maximum Gasteiger partial charge on any atom is 0.257 e. The Bertz CT molecular complexity index is 694. The first-order valence-corrected chi connectivity index (χ1v) is 6.94. The van der Waals surface area contributed by atoms with E-state index in [1.54, 1.807) is 0 Å². The Balaban J connectivity index is 2.33.